The molecule has 2 aromatic carbocycles. The normalized spacial score (nSPS) is 16.0. The van der Waals surface area contributed by atoms with Crippen LogP contribution in [0.2, 0.25) is 0 Å². The lowest BCUT2D eigenvalue weighted by Gasteiger charge is -2.22. The van der Waals surface area contributed by atoms with Gasteiger partial charge in [0.25, 0.3) is 5.91 Å². The quantitative estimate of drug-likeness (QED) is 0.516. The van der Waals surface area contributed by atoms with Crippen LogP contribution in [0.4, 0.5) is 4.79 Å². The van der Waals surface area contributed by atoms with E-state index in [2.05, 4.69) is 36.5 Å². The van der Waals surface area contributed by atoms with E-state index in [4.69, 9.17) is 5.73 Å². The number of benzene rings is 2. The number of nitrogens with two attached hydrogens (primary N) is 1. The second-order valence-corrected chi connectivity index (χ2v) is 7.28. The summed E-state index contributed by atoms with van der Waals surface area (Å²) in [6, 6.07) is 15.2. The van der Waals surface area contributed by atoms with Gasteiger partial charge in [-0.2, -0.15) is 0 Å². The van der Waals surface area contributed by atoms with E-state index in [1.54, 1.807) is 12.1 Å². The van der Waals surface area contributed by atoms with Gasteiger partial charge in [-0.25, -0.2) is 9.86 Å². The predicted molar refractivity (Wildman–Crippen MR) is 112 cm³/mol. The fourth-order valence-electron chi connectivity index (χ4n) is 3.34. The standard InChI is InChI=1S/C22H28N4O3/c1-2-16-3-5-17(6-4-16)18-7-9-19(10-8-18)21(27)24-12-14-26(29)22(28)25-13-11-20(23)15-25/h3-10,20,29H,2,11-15,23H2,1H3,(H,24,27). The zero-order chi connectivity index (χ0) is 20.8. The molecule has 1 aliphatic rings. The van der Waals surface area contributed by atoms with E-state index < -0.39 is 6.03 Å². The Morgan fingerprint density at radius 1 is 1.14 bits per heavy atom. The van der Waals surface area contributed by atoms with Gasteiger partial charge in [-0.15, -0.1) is 0 Å². The van der Waals surface area contributed by atoms with E-state index in [1.165, 1.54) is 10.5 Å². The van der Waals surface area contributed by atoms with Crippen molar-refractivity contribution in [1.29, 1.82) is 0 Å². The van der Waals surface area contributed by atoms with Gasteiger partial charge in [-0.3, -0.25) is 10.0 Å². The van der Waals surface area contributed by atoms with Crippen molar-refractivity contribution in [2.24, 2.45) is 5.73 Å². The number of hydrogen-bond acceptors (Lipinski definition) is 4. The molecular formula is C22H28N4O3. The number of urea groups is 1. The van der Waals surface area contributed by atoms with E-state index >= 15 is 0 Å². The Bertz CT molecular complexity index is 836. The van der Waals surface area contributed by atoms with Crippen LogP contribution in [0.15, 0.2) is 48.5 Å². The van der Waals surface area contributed by atoms with Gasteiger partial charge in [0.05, 0.1) is 6.54 Å². The zero-order valence-corrected chi connectivity index (χ0v) is 16.7. The number of nitrogens with one attached hydrogen (secondary N) is 1. The first-order valence-corrected chi connectivity index (χ1v) is 9.96. The largest absolute Gasteiger partial charge is 0.350 e. The molecule has 154 valence electrons. The number of hydrogen-bond donors (Lipinski definition) is 3. The molecule has 0 spiro atoms. The molecular weight excluding hydrogens is 368 g/mol. The number of aryl methyl sites for hydroxylation is 1. The van der Waals surface area contributed by atoms with Crippen LogP contribution in [0, 0.1) is 0 Å². The van der Waals surface area contributed by atoms with Crippen molar-refractivity contribution >= 4 is 11.9 Å². The summed E-state index contributed by atoms with van der Waals surface area (Å²) >= 11 is 0. The van der Waals surface area contributed by atoms with Crippen LogP contribution in [0.3, 0.4) is 0 Å². The van der Waals surface area contributed by atoms with Crippen molar-refractivity contribution in [2.45, 2.75) is 25.8 Å². The number of rotatable bonds is 6. The van der Waals surface area contributed by atoms with Crippen LogP contribution in [0.25, 0.3) is 11.1 Å². The van der Waals surface area contributed by atoms with Gasteiger partial charge in [0.1, 0.15) is 0 Å². The molecule has 0 aromatic heterocycles. The van der Waals surface area contributed by atoms with E-state index in [9.17, 15) is 14.8 Å². The summed E-state index contributed by atoms with van der Waals surface area (Å²) in [5.41, 5.74) is 9.73. The number of carbonyl (C=O) groups is 2. The number of amides is 3. The first-order chi connectivity index (χ1) is 14.0. The molecule has 1 aliphatic heterocycles. The lowest BCUT2D eigenvalue weighted by atomic mass is 10.0. The number of hydroxylamine groups is 2. The Labute approximate surface area is 171 Å². The van der Waals surface area contributed by atoms with Gasteiger partial charge >= 0.3 is 6.03 Å². The molecule has 7 heteroatoms. The fraction of sp³-hybridized carbons (Fsp3) is 0.364. The highest BCUT2D eigenvalue weighted by molar-refractivity contribution is 5.94. The molecule has 0 bridgehead atoms. The summed E-state index contributed by atoms with van der Waals surface area (Å²) in [7, 11) is 0. The van der Waals surface area contributed by atoms with Crippen LogP contribution in [-0.2, 0) is 6.42 Å². The average molecular weight is 396 g/mol. The van der Waals surface area contributed by atoms with Gasteiger partial charge < -0.3 is 16.0 Å². The number of carbonyl (C=O) groups excluding carboxylic acids is 2. The first-order valence-electron chi connectivity index (χ1n) is 9.96. The number of likely N-dealkylation sites (tertiary alicyclic amines) is 1. The summed E-state index contributed by atoms with van der Waals surface area (Å²) in [5.74, 6) is -0.248. The fourth-order valence-corrected chi connectivity index (χ4v) is 3.34. The molecule has 2 aromatic rings. The Morgan fingerprint density at radius 2 is 1.76 bits per heavy atom. The van der Waals surface area contributed by atoms with Crippen LogP contribution >= 0.6 is 0 Å². The molecule has 0 radical (unpaired) electrons. The van der Waals surface area contributed by atoms with Crippen molar-refractivity contribution in [1.82, 2.24) is 15.3 Å². The van der Waals surface area contributed by atoms with Crippen molar-refractivity contribution < 1.29 is 14.8 Å². The molecule has 1 saturated heterocycles. The van der Waals surface area contributed by atoms with E-state index in [-0.39, 0.29) is 25.0 Å². The highest BCUT2D eigenvalue weighted by Crippen LogP contribution is 2.20. The molecule has 1 unspecified atom stereocenters. The minimum Gasteiger partial charge on any atom is -0.350 e. The van der Waals surface area contributed by atoms with Crippen molar-refractivity contribution in [3.05, 3.63) is 59.7 Å². The minimum absolute atomic E-state index is 0.0121. The second kappa shape index (κ2) is 9.54. The van der Waals surface area contributed by atoms with Crippen LogP contribution < -0.4 is 11.1 Å². The monoisotopic (exact) mass is 396 g/mol. The third kappa shape index (κ3) is 5.34. The molecule has 4 N–H and O–H groups in total. The van der Waals surface area contributed by atoms with E-state index in [1.807, 2.05) is 12.1 Å². The van der Waals surface area contributed by atoms with Gasteiger partial charge in [0.2, 0.25) is 0 Å². The molecule has 0 saturated carbocycles. The van der Waals surface area contributed by atoms with Crippen LogP contribution in [-0.4, -0.2) is 59.3 Å². The maximum atomic E-state index is 12.3. The van der Waals surface area contributed by atoms with Crippen molar-refractivity contribution in [3.8, 4) is 11.1 Å². The summed E-state index contributed by atoms with van der Waals surface area (Å²) in [6.07, 6.45) is 1.73. The van der Waals surface area contributed by atoms with Crippen LogP contribution in [0.1, 0.15) is 29.3 Å². The van der Waals surface area contributed by atoms with Crippen molar-refractivity contribution in [3.63, 3.8) is 0 Å². The maximum absolute atomic E-state index is 12.3. The Hall–Kier alpha value is -2.90. The first kappa shape index (κ1) is 20.8. The molecule has 1 atom stereocenters. The Kier molecular flexibility index (Phi) is 6.85. The van der Waals surface area contributed by atoms with Crippen molar-refractivity contribution in [2.75, 3.05) is 26.2 Å². The van der Waals surface area contributed by atoms with Gasteiger partial charge in [-0.05, 0) is 41.7 Å². The summed E-state index contributed by atoms with van der Waals surface area (Å²) in [4.78, 5) is 25.9. The summed E-state index contributed by atoms with van der Waals surface area (Å²) < 4.78 is 0. The second-order valence-electron chi connectivity index (χ2n) is 7.28. The average Bonchev–Trinajstić information content (AvgIpc) is 3.19. The SMILES string of the molecule is CCc1ccc(-c2ccc(C(=O)NCCN(O)C(=O)N3CCC(N)C3)cc2)cc1. The molecule has 7 nitrogen and oxygen atoms in total. The number of nitrogens with zero attached hydrogens (tertiary/aromatic N) is 2. The molecule has 29 heavy (non-hydrogen) atoms. The smallest absolute Gasteiger partial charge is 0.343 e. The Morgan fingerprint density at radius 3 is 2.31 bits per heavy atom. The van der Waals surface area contributed by atoms with Gasteiger partial charge in [0.15, 0.2) is 0 Å². The van der Waals surface area contributed by atoms with E-state index in [0.717, 1.165) is 24.0 Å². The van der Waals surface area contributed by atoms with Crippen LogP contribution in [0.5, 0.6) is 0 Å². The Balaban J connectivity index is 1.48. The highest BCUT2D eigenvalue weighted by atomic mass is 16.5. The molecule has 1 fully saturated rings. The third-order valence-electron chi connectivity index (χ3n) is 5.17. The zero-order valence-electron chi connectivity index (χ0n) is 16.7. The summed E-state index contributed by atoms with van der Waals surface area (Å²) in [6.45, 7) is 3.27. The predicted octanol–water partition coefficient (Wildman–Crippen LogP) is 2.49. The lowest BCUT2D eigenvalue weighted by Crippen LogP contribution is -2.44. The van der Waals surface area contributed by atoms with E-state index in [0.29, 0.717) is 23.7 Å². The highest BCUT2D eigenvalue weighted by Gasteiger charge is 2.26. The third-order valence-corrected chi connectivity index (χ3v) is 5.17. The maximum Gasteiger partial charge on any atom is 0.343 e. The minimum atomic E-state index is -0.481. The molecule has 0 aliphatic carbocycles. The van der Waals surface area contributed by atoms with Gasteiger partial charge in [0, 0.05) is 31.2 Å². The summed E-state index contributed by atoms with van der Waals surface area (Å²) in [5, 5.41) is 13.2. The molecule has 3 rings (SSSR count). The molecule has 1 heterocycles. The lowest BCUT2D eigenvalue weighted by molar-refractivity contribution is -0.0533. The topological polar surface area (TPSA) is 98.9 Å². The van der Waals surface area contributed by atoms with Gasteiger partial charge in [-0.1, -0.05) is 43.3 Å². The molecule has 3 amide bonds.